The van der Waals surface area contributed by atoms with Gasteiger partial charge in [-0.05, 0) is 37.8 Å². The summed E-state index contributed by atoms with van der Waals surface area (Å²) in [5.74, 6) is 1.00. The SMILES string of the molecule is COCCCCNC(=O)C1CCN(C(=O)CCOc2ccccc2)CC1. The Morgan fingerprint density at radius 3 is 2.54 bits per heavy atom. The maximum atomic E-state index is 12.3. The number of para-hydroxylation sites is 1. The molecule has 1 heterocycles. The van der Waals surface area contributed by atoms with Crippen LogP contribution >= 0.6 is 0 Å². The molecule has 0 atom stereocenters. The molecule has 2 rings (SSSR count). The van der Waals surface area contributed by atoms with Gasteiger partial charge < -0.3 is 19.7 Å². The predicted molar refractivity (Wildman–Crippen MR) is 100.0 cm³/mol. The molecule has 26 heavy (non-hydrogen) atoms. The smallest absolute Gasteiger partial charge is 0.225 e. The van der Waals surface area contributed by atoms with Gasteiger partial charge in [-0.3, -0.25) is 9.59 Å². The van der Waals surface area contributed by atoms with Crippen molar-refractivity contribution < 1.29 is 19.1 Å². The number of unbranched alkanes of at least 4 members (excludes halogenated alkanes) is 1. The minimum absolute atomic E-state index is 0.0158. The lowest BCUT2D eigenvalue weighted by Crippen LogP contribution is -2.43. The lowest BCUT2D eigenvalue weighted by molar-refractivity contribution is -0.136. The molecule has 144 valence electrons. The van der Waals surface area contributed by atoms with E-state index in [1.54, 1.807) is 7.11 Å². The molecule has 1 aliphatic rings. The number of nitrogens with one attached hydrogen (secondary N) is 1. The Morgan fingerprint density at radius 2 is 1.85 bits per heavy atom. The first kappa shape index (κ1) is 20.2. The lowest BCUT2D eigenvalue weighted by Gasteiger charge is -2.31. The molecule has 1 aliphatic heterocycles. The Morgan fingerprint density at radius 1 is 1.12 bits per heavy atom. The number of piperidine rings is 1. The van der Waals surface area contributed by atoms with Gasteiger partial charge in [0.1, 0.15) is 5.75 Å². The molecule has 1 fully saturated rings. The first-order valence-corrected chi connectivity index (χ1v) is 9.43. The van der Waals surface area contributed by atoms with Crippen LogP contribution in [0.3, 0.4) is 0 Å². The number of benzene rings is 1. The zero-order valence-electron chi connectivity index (χ0n) is 15.6. The van der Waals surface area contributed by atoms with Gasteiger partial charge >= 0.3 is 0 Å². The molecule has 0 aliphatic carbocycles. The first-order chi connectivity index (χ1) is 12.7. The molecular weight excluding hydrogens is 332 g/mol. The Hall–Kier alpha value is -2.08. The summed E-state index contributed by atoms with van der Waals surface area (Å²) >= 11 is 0. The second-order valence-electron chi connectivity index (χ2n) is 6.56. The molecule has 1 N–H and O–H groups in total. The number of carbonyl (C=O) groups is 2. The zero-order chi connectivity index (χ0) is 18.6. The van der Waals surface area contributed by atoms with Crippen molar-refractivity contribution in [2.45, 2.75) is 32.1 Å². The van der Waals surface area contributed by atoms with Crippen LogP contribution in [0.1, 0.15) is 32.1 Å². The Kier molecular flexibility index (Phi) is 8.96. The highest BCUT2D eigenvalue weighted by Crippen LogP contribution is 2.18. The van der Waals surface area contributed by atoms with Crippen LogP contribution in [0.5, 0.6) is 5.75 Å². The average molecular weight is 362 g/mol. The molecule has 2 amide bonds. The topological polar surface area (TPSA) is 67.9 Å². The number of likely N-dealkylation sites (tertiary alicyclic amines) is 1. The van der Waals surface area contributed by atoms with Crippen molar-refractivity contribution in [1.29, 1.82) is 0 Å². The van der Waals surface area contributed by atoms with Crippen molar-refractivity contribution in [1.82, 2.24) is 10.2 Å². The van der Waals surface area contributed by atoms with Gasteiger partial charge in [0.25, 0.3) is 0 Å². The number of methoxy groups -OCH3 is 1. The number of rotatable bonds is 10. The normalized spacial score (nSPS) is 14.9. The van der Waals surface area contributed by atoms with Crippen LogP contribution in [0.15, 0.2) is 30.3 Å². The van der Waals surface area contributed by atoms with E-state index in [2.05, 4.69) is 5.32 Å². The van der Waals surface area contributed by atoms with E-state index in [4.69, 9.17) is 9.47 Å². The summed E-state index contributed by atoms with van der Waals surface area (Å²) in [5, 5.41) is 2.99. The molecule has 0 bridgehead atoms. The van der Waals surface area contributed by atoms with Crippen molar-refractivity contribution in [3.63, 3.8) is 0 Å². The van der Waals surface area contributed by atoms with E-state index in [-0.39, 0.29) is 17.7 Å². The van der Waals surface area contributed by atoms with Crippen LogP contribution in [0.4, 0.5) is 0 Å². The number of ether oxygens (including phenoxy) is 2. The molecule has 6 nitrogen and oxygen atoms in total. The standard InChI is InChI=1S/C20H30N2O4/c1-25-15-6-5-12-21-20(24)17-9-13-22(14-10-17)19(23)11-16-26-18-7-3-2-4-8-18/h2-4,7-8,17H,5-6,9-16H2,1H3,(H,21,24). The van der Waals surface area contributed by atoms with Crippen molar-refractivity contribution >= 4 is 11.8 Å². The summed E-state index contributed by atoms with van der Waals surface area (Å²) in [6, 6.07) is 9.50. The lowest BCUT2D eigenvalue weighted by atomic mass is 9.95. The second kappa shape index (κ2) is 11.5. The molecular formula is C20H30N2O4. The summed E-state index contributed by atoms with van der Waals surface area (Å²) in [7, 11) is 1.68. The van der Waals surface area contributed by atoms with Crippen molar-refractivity contribution in [3.8, 4) is 5.75 Å². The fourth-order valence-corrected chi connectivity index (χ4v) is 3.05. The maximum absolute atomic E-state index is 12.3. The van der Waals surface area contributed by atoms with Crippen LogP contribution in [0.2, 0.25) is 0 Å². The van der Waals surface area contributed by atoms with E-state index in [1.165, 1.54) is 0 Å². The van der Waals surface area contributed by atoms with E-state index >= 15 is 0 Å². The van der Waals surface area contributed by atoms with E-state index < -0.39 is 0 Å². The quantitative estimate of drug-likeness (QED) is 0.648. The predicted octanol–water partition coefficient (Wildman–Crippen LogP) is 2.24. The van der Waals surface area contributed by atoms with E-state index in [0.29, 0.717) is 32.7 Å². The molecule has 1 aromatic rings. The van der Waals surface area contributed by atoms with E-state index in [0.717, 1.165) is 38.0 Å². The van der Waals surface area contributed by atoms with Gasteiger partial charge in [-0.25, -0.2) is 0 Å². The minimum Gasteiger partial charge on any atom is -0.493 e. The largest absolute Gasteiger partial charge is 0.493 e. The third kappa shape index (κ3) is 7.04. The Labute approximate surface area is 155 Å². The van der Waals surface area contributed by atoms with Gasteiger partial charge in [-0.15, -0.1) is 0 Å². The van der Waals surface area contributed by atoms with Crippen molar-refractivity contribution in [2.75, 3.05) is 40.0 Å². The third-order valence-electron chi connectivity index (χ3n) is 4.62. The highest BCUT2D eigenvalue weighted by molar-refractivity contribution is 5.80. The molecule has 1 aromatic carbocycles. The molecule has 6 heteroatoms. The molecule has 0 saturated carbocycles. The summed E-state index contributed by atoms with van der Waals surface area (Å²) in [6.07, 6.45) is 3.71. The molecule has 0 spiro atoms. The summed E-state index contributed by atoms with van der Waals surface area (Å²) in [6.45, 7) is 3.09. The number of nitrogens with zero attached hydrogens (tertiary/aromatic N) is 1. The number of hydrogen-bond acceptors (Lipinski definition) is 4. The molecule has 1 saturated heterocycles. The van der Waals surface area contributed by atoms with Crippen LogP contribution < -0.4 is 10.1 Å². The second-order valence-corrected chi connectivity index (χ2v) is 6.56. The number of amides is 2. The Balaban J connectivity index is 1.59. The van der Waals surface area contributed by atoms with Gasteiger partial charge in [-0.1, -0.05) is 18.2 Å². The highest BCUT2D eigenvalue weighted by Gasteiger charge is 2.26. The van der Waals surface area contributed by atoms with Crippen LogP contribution in [-0.4, -0.2) is 56.7 Å². The fraction of sp³-hybridized carbons (Fsp3) is 0.600. The summed E-state index contributed by atoms with van der Waals surface area (Å²) < 4.78 is 10.6. The number of hydrogen-bond donors (Lipinski definition) is 1. The van der Waals surface area contributed by atoms with Gasteiger partial charge in [0.15, 0.2) is 0 Å². The minimum atomic E-state index is 0.0158. The molecule has 0 aromatic heterocycles. The van der Waals surface area contributed by atoms with Gasteiger partial charge in [0, 0.05) is 39.3 Å². The zero-order valence-corrected chi connectivity index (χ0v) is 15.6. The van der Waals surface area contributed by atoms with Crippen LogP contribution in [0, 0.1) is 5.92 Å². The average Bonchev–Trinajstić information content (AvgIpc) is 2.68. The van der Waals surface area contributed by atoms with E-state index in [9.17, 15) is 9.59 Å². The van der Waals surface area contributed by atoms with Crippen LogP contribution in [0.25, 0.3) is 0 Å². The van der Waals surface area contributed by atoms with Gasteiger partial charge in [-0.2, -0.15) is 0 Å². The Bertz CT molecular complexity index is 542. The maximum Gasteiger partial charge on any atom is 0.225 e. The highest BCUT2D eigenvalue weighted by atomic mass is 16.5. The van der Waals surface area contributed by atoms with Crippen LogP contribution in [-0.2, 0) is 14.3 Å². The van der Waals surface area contributed by atoms with Crippen molar-refractivity contribution in [3.05, 3.63) is 30.3 Å². The van der Waals surface area contributed by atoms with Gasteiger partial charge in [0.05, 0.1) is 13.0 Å². The van der Waals surface area contributed by atoms with Crippen molar-refractivity contribution in [2.24, 2.45) is 5.92 Å². The first-order valence-electron chi connectivity index (χ1n) is 9.43. The summed E-state index contributed by atoms with van der Waals surface area (Å²) in [4.78, 5) is 26.3. The monoisotopic (exact) mass is 362 g/mol. The third-order valence-corrected chi connectivity index (χ3v) is 4.62. The summed E-state index contributed by atoms with van der Waals surface area (Å²) in [5.41, 5.74) is 0. The fourth-order valence-electron chi connectivity index (χ4n) is 3.05. The molecule has 0 radical (unpaired) electrons. The van der Waals surface area contributed by atoms with E-state index in [1.807, 2.05) is 35.2 Å². The molecule has 0 unspecified atom stereocenters. The number of carbonyl (C=O) groups excluding carboxylic acids is 2. The van der Waals surface area contributed by atoms with Gasteiger partial charge in [0.2, 0.25) is 11.8 Å².